The molecule has 0 saturated heterocycles. The van der Waals surface area contributed by atoms with Gasteiger partial charge in [0, 0.05) is 18.0 Å². The van der Waals surface area contributed by atoms with Gasteiger partial charge in [-0.25, -0.2) is 33.3 Å². The SMILES string of the molecule is CCS(=O)(=O)c1ccc(CNc2nc3cnc(-c4c(C)ncnc4C4CC4)nc3n(C3(C)CC3)c2=O)cc1. The zero-order valence-corrected chi connectivity index (χ0v) is 22.4. The Labute approximate surface area is 220 Å². The van der Waals surface area contributed by atoms with E-state index in [0.29, 0.717) is 29.5 Å². The number of benzene rings is 1. The summed E-state index contributed by atoms with van der Waals surface area (Å²) in [4.78, 5) is 37.0. The molecule has 4 aromatic rings. The topological polar surface area (TPSA) is 133 Å². The molecular formula is C27H29N7O3S. The fraction of sp³-hybridized carbons (Fsp3) is 0.407. The molecule has 0 amide bonds. The highest BCUT2D eigenvalue weighted by atomic mass is 32.2. The Morgan fingerprint density at radius 2 is 1.82 bits per heavy atom. The van der Waals surface area contributed by atoms with Crippen molar-refractivity contribution in [3.8, 4) is 11.4 Å². The number of nitrogens with zero attached hydrogens (tertiary/aromatic N) is 6. The number of rotatable bonds is 8. The molecule has 196 valence electrons. The molecule has 3 aromatic heterocycles. The quantitative estimate of drug-likeness (QED) is 0.361. The van der Waals surface area contributed by atoms with Crippen molar-refractivity contribution < 1.29 is 8.42 Å². The average molecular weight is 532 g/mol. The Hall–Kier alpha value is -3.73. The van der Waals surface area contributed by atoms with Gasteiger partial charge in [0.25, 0.3) is 5.56 Å². The second-order valence-corrected chi connectivity index (χ2v) is 12.7. The van der Waals surface area contributed by atoms with Crippen molar-refractivity contribution in [1.82, 2.24) is 29.5 Å². The molecule has 38 heavy (non-hydrogen) atoms. The molecule has 0 unspecified atom stereocenters. The number of sulfone groups is 1. The largest absolute Gasteiger partial charge is 0.361 e. The van der Waals surface area contributed by atoms with Crippen LogP contribution in [0, 0.1) is 6.92 Å². The Morgan fingerprint density at radius 1 is 1.08 bits per heavy atom. The Kier molecular flexibility index (Phi) is 5.78. The number of fused-ring (bicyclic) bond motifs is 1. The third kappa shape index (κ3) is 4.34. The van der Waals surface area contributed by atoms with Crippen molar-refractivity contribution >= 4 is 26.8 Å². The molecular weight excluding hydrogens is 502 g/mol. The molecule has 0 spiro atoms. The molecule has 2 saturated carbocycles. The van der Waals surface area contributed by atoms with E-state index < -0.39 is 9.84 Å². The number of hydrogen-bond acceptors (Lipinski definition) is 9. The molecule has 3 heterocycles. The zero-order valence-electron chi connectivity index (χ0n) is 21.6. The molecule has 11 heteroatoms. The maximum atomic E-state index is 13.7. The maximum absolute atomic E-state index is 13.7. The predicted octanol–water partition coefficient (Wildman–Crippen LogP) is 3.74. The summed E-state index contributed by atoms with van der Waals surface area (Å²) in [5.41, 5.74) is 3.91. The van der Waals surface area contributed by atoms with Crippen molar-refractivity contribution in [3.05, 3.63) is 64.1 Å². The highest BCUT2D eigenvalue weighted by molar-refractivity contribution is 7.91. The lowest BCUT2D eigenvalue weighted by molar-refractivity contribution is 0.527. The van der Waals surface area contributed by atoms with Crippen LogP contribution in [0.2, 0.25) is 0 Å². The lowest BCUT2D eigenvalue weighted by atomic mass is 10.1. The predicted molar refractivity (Wildman–Crippen MR) is 144 cm³/mol. The minimum Gasteiger partial charge on any atom is -0.361 e. The van der Waals surface area contributed by atoms with Crippen LogP contribution in [0.25, 0.3) is 22.6 Å². The highest BCUT2D eigenvalue weighted by Gasteiger charge is 2.42. The fourth-order valence-electron chi connectivity index (χ4n) is 4.72. The van der Waals surface area contributed by atoms with Crippen molar-refractivity contribution in [2.75, 3.05) is 11.1 Å². The minimum absolute atomic E-state index is 0.0481. The van der Waals surface area contributed by atoms with Crippen LogP contribution in [0.3, 0.4) is 0 Å². The summed E-state index contributed by atoms with van der Waals surface area (Å²) in [7, 11) is -3.27. The van der Waals surface area contributed by atoms with Gasteiger partial charge in [-0.2, -0.15) is 0 Å². The van der Waals surface area contributed by atoms with Crippen molar-refractivity contribution in [2.24, 2.45) is 0 Å². The number of hydrogen-bond donors (Lipinski definition) is 1. The molecule has 6 rings (SSSR count). The zero-order chi connectivity index (χ0) is 26.7. The van der Waals surface area contributed by atoms with E-state index in [-0.39, 0.29) is 27.6 Å². The fourth-order valence-corrected chi connectivity index (χ4v) is 5.61. The van der Waals surface area contributed by atoms with E-state index >= 15 is 0 Å². The van der Waals surface area contributed by atoms with Crippen LogP contribution in [-0.4, -0.2) is 43.7 Å². The highest BCUT2D eigenvalue weighted by Crippen LogP contribution is 2.45. The Morgan fingerprint density at radius 3 is 2.47 bits per heavy atom. The van der Waals surface area contributed by atoms with Gasteiger partial charge in [0.05, 0.1) is 33.8 Å². The lowest BCUT2D eigenvalue weighted by Gasteiger charge is -2.18. The van der Waals surface area contributed by atoms with Crippen LogP contribution in [-0.2, 0) is 21.9 Å². The van der Waals surface area contributed by atoms with Gasteiger partial charge < -0.3 is 5.32 Å². The summed E-state index contributed by atoms with van der Waals surface area (Å²) in [5.74, 6) is 1.17. The molecule has 2 fully saturated rings. The van der Waals surface area contributed by atoms with Crippen molar-refractivity contribution in [2.45, 2.75) is 69.4 Å². The van der Waals surface area contributed by atoms with Gasteiger partial charge in [0.1, 0.15) is 11.8 Å². The maximum Gasteiger partial charge on any atom is 0.295 e. The van der Waals surface area contributed by atoms with Gasteiger partial charge in [0.15, 0.2) is 27.1 Å². The van der Waals surface area contributed by atoms with Crippen molar-refractivity contribution in [3.63, 3.8) is 0 Å². The summed E-state index contributed by atoms with van der Waals surface area (Å²) in [6.07, 6.45) is 7.18. The van der Waals surface area contributed by atoms with Crippen LogP contribution in [0.15, 0.2) is 46.5 Å². The van der Waals surface area contributed by atoms with Crippen LogP contribution in [0.4, 0.5) is 5.82 Å². The first-order valence-corrected chi connectivity index (χ1v) is 14.5. The number of anilines is 1. The third-order valence-electron chi connectivity index (χ3n) is 7.49. The second-order valence-electron chi connectivity index (χ2n) is 10.4. The molecule has 2 aliphatic rings. The summed E-state index contributed by atoms with van der Waals surface area (Å²) in [6, 6.07) is 6.67. The third-order valence-corrected chi connectivity index (χ3v) is 9.24. The average Bonchev–Trinajstić information content (AvgIpc) is 3.85. The van der Waals surface area contributed by atoms with Gasteiger partial charge in [0.2, 0.25) is 0 Å². The molecule has 0 atom stereocenters. The second kappa shape index (κ2) is 8.93. The molecule has 0 aliphatic heterocycles. The molecule has 1 aromatic carbocycles. The van der Waals surface area contributed by atoms with Crippen LogP contribution in [0.5, 0.6) is 0 Å². The number of aryl methyl sites for hydroxylation is 1. The Balaban J connectivity index is 1.38. The molecule has 10 nitrogen and oxygen atoms in total. The van der Waals surface area contributed by atoms with Gasteiger partial charge in [-0.3, -0.25) is 9.36 Å². The van der Waals surface area contributed by atoms with Gasteiger partial charge in [-0.05, 0) is 57.2 Å². The minimum atomic E-state index is -3.27. The first kappa shape index (κ1) is 24.6. The van der Waals surface area contributed by atoms with Gasteiger partial charge in [-0.15, -0.1) is 0 Å². The Bertz CT molecular complexity index is 1720. The van der Waals surface area contributed by atoms with E-state index in [1.54, 1.807) is 48.3 Å². The summed E-state index contributed by atoms with van der Waals surface area (Å²) >= 11 is 0. The van der Waals surface area contributed by atoms with Crippen molar-refractivity contribution in [1.29, 1.82) is 0 Å². The summed E-state index contributed by atoms with van der Waals surface area (Å²) < 4.78 is 25.9. The number of nitrogens with one attached hydrogen (secondary N) is 1. The van der Waals surface area contributed by atoms with E-state index in [9.17, 15) is 13.2 Å². The molecule has 0 bridgehead atoms. The summed E-state index contributed by atoms with van der Waals surface area (Å²) in [5, 5.41) is 3.15. The lowest BCUT2D eigenvalue weighted by Crippen LogP contribution is -2.32. The van der Waals surface area contributed by atoms with E-state index in [1.165, 1.54) is 0 Å². The van der Waals surface area contributed by atoms with E-state index in [4.69, 9.17) is 4.98 Å². The molecule has 0 radical (unpaired) electrons. The van der Waals surface area contributed by atoms with E-state index in [0.717, 1.165) is 48.2 Å². The van der Waals surface area contributed by atoms with Gasteiger partial charge >= 0.3 is 0 Å². The van der Waals surface area contributed by atoms with E-state index in [1.807, 2.05) is 6.92 Å². The standard InChI is InChI=1S/C27H29N7O3S/c1-4-38(36,37)19-9-5-17(6-10-19)13-28-24-26(35)34(27(3)11-12-27)25-20(32-24)14-29-23(33-25)21-16(2)30-15-31-22(21)18-7-8-18/h5-6,9-10,14-15,18H,4,7-8,11-13H2,1-3H3,(H,28,32). The summed E-state index contributed by atoms with van der Waals surface area (Å²) in [6.45, 7) is 5.93. The first-order chi connectivity index (χ1) is 18.2. The molecule has 1 N–H and O–H groups in total. The normalized spacial score (nSPS) is 16.5. The van der Waals surface area contributed by atoms with E-state index in [2.05, 4.69) is 32.2 Å². The number of aromatic nitrogens is 6. The van der Waals surface area contributed by atoms with Gasteiger partial charge in [-0.1, -0.05) is 19.1 Å². The smallest absolute Gasteiger partial charge is 0.295 e. The monoisotopic (exact) mass is 531 g/mol. The van der Waals surface area contributed by atoms with Crippen LogP contribution < -0.4 is 10.9 Å². The van der Waals surface area contributed by atoms with Crippen LogP contribution >= 0.6 is 0 Å². The van der Waals surface area contributed by atoms with Crippen LogP contribution in [0.1, 0.15) is 62.4 Å². The molecule has 2 aliphatic carbocycles. The first-order valence-electron chi connectivity index (χ1n) is 12.9.